The molecule has 0 radical (unpaired) electrons. The van der Waals surface area contributed by atoms with E-state index in [2.05, 4.69) is 49.2 Å². The van der Waals surface area contributed by atoms with E-state index in [1.165, 1.54) is 29.8 Å². The van der Waals surface area contributed by atoms with Crippen LogP contribution in [0.15, 0.2) is 18.2 Å². The molecule has 0 amide bonds. The number of hydrogen-bond acceptors (Lipinski definition) is 2. The number of nitrogens with zero attached hydrogens (tertiary/aromatic N) is 1. The summed E-state index contributed by atoms with van der Waals surface area (Å²) in [7, 11) is 0. The molecule has 1 N–H and O–H groups in total. The minimum Gasteiger partial charge on any atom is -0.371 e. The quantitative estimate of drug-likeness (QED) is 0.801. The highest BCUT2D eigenvalue weighted by Crippen LogP contribution is 2.24. The minimum absolute atomic E-state index is 0.718. The number of anilines is 1. The largest absolute Gasteiger partial charge is 0.371 e. The maximum Gasteiger partial charge on any atom is 0.0398 e. The third kappa shape index (κ3) is 3.01. The molecule has 1 saturated heterocycles. The van der Waals surface area contributed by atoms with Crippen molar-refractivity contribution in [3.05, 3.63) is 29.3 Å². The van der Waals surface area contributed by atoms with E-state index in [4.69, 9.17) is 0 Å². The van der Waals surface area contributed by atoms with Crippen LogP contribution in [0, 0.1) is 19.8 Å². The van der Waals surface area contributed by atoms with E-state index in [-0.39, 0.29) is 0 Å². The monoisotopic (exact) mass is 232 g/mol. The highest BCUT2D eigenvalue weighted by molar-refractivity contribution is 5.56. The molecule has 1 atom stereocenters. The summed E-state index contributed by atoms with van der Waals surface area (Å²) in [5, 5.41) is 3.51. The highest BCUT2D eigenvalue weighted by Gasteiger charge is 2.15. The SMILES string of the molecule is Cc1cccc(N2CCCNCC(C)C2)c1C. The zero-order valence-corrected chi connectivity index (χ0v) is 11.3. The lowest BCUT2D eigenvalue weighted by molar-refractivity contribution is 0.467. The van der Waals surface area contributed by atoms with Crippen LogP contribution in [-0.2, 0) is 0 Å². The van der Waals surface area contributed by atoms with Crippen molar-refractivity contribution in [3.8, 4) is 0 Å². The van der Waals surface area contributed by atoms with Gasteiger partial charge >= 0.3 is 0 Å². The van der Waals surface area contributed by atoms with E-state index >= 15 is 0 Å². The minimum atomic E-state index is 0.718. The van der Waals surface area contributed by atoms with Gasteiger partial charge in [0.25, 0.3) is 0 Å². The molecule has 2 nitrogen and oxygen atoms in total. The van der Waals surface area contributed by atoms with Crippen LogP contribution in [0.3, 0.4) is 0 Å². The van der Waals surface area contributed by atoms with Crippen molar-refractivity contribution in [1.29, 1.82) is 0 Å². The fourth-order valence-corrected chi connectivity index (χ4v) is 2.57. The Labute approximate surface area is 105 Å². The van der Waals surface area contributed by atoms with Gasteiger partial charge < -0.3 is 10.2 Å². The average molecular weight is 232 g/mol. The van der Waals surface area contributed by atoms with Crippen molar-refractivity contribution in [2.45, 2.75) is 27.2 Å². The molecule has 1 aliphatic rings. The fraction of sp³-hybridized carbons (Fsp3) is 0.600. The van der Waals surface area contributed by atoms with E-state index in [9.17, 15) is 0 Å². The number of aryl methyl sites for hydroxylation is 1. The van der Waals surface area contributed by atoms with Gasteiger partial charge in [0.15, 0.2) is 0 Å². The van der Waals surface area contributed by atoms with Gasteiger partial charge in [0.1, 0.15) is 0 Å². The number of benzene rings is 1. The molecule has 17 heavy (non-hydrogen) atoms. The van der Waals surface area contributed by atoms with E-state index in [1.54, 1.807) is 0 Å². The molecule has 94 valence electrons. The van der Waals surface area contributed by atoms with E-state index in [0.717, 1.165) is 25.6 Å². The van der Waals surface area contributed by atoms with Gasteiger partial charge in [0.05, 0.1) is 0 Å². The zero-order chi connectivity index (χ0) is 12.3. The van der Waals surface area contributed by atoms with E-state index in [1.807, 2.05) is 0 Å². The van der Waals surface area contributed by atoms with Gasteiger partial charge in [-0.05, 0) is 56.5 Å². The van der Waals surface area contributed by atoms with Crippen molar-refractivity contribution < 1.29 is 0 Å². The molecule has 1 unspecified atom stereocenters. The summed E-state index contributed by atoms with van der Waals surface area (Å²) < 4.78 is 0. The summed E-state index contributed by atoms with van der Waals surface area (Å²) in [6.07, 6.45) is 1.24. The highest BCUT2D eigenvalue weighted by atomic mass is 15.1. The Balaban J connectivity index is 2.20. The van der Waals surface area contributed by atoms with Crippen LogP contribution in [0.5, 0.6) is 0 Å². The molecule has 0 spiro atoms. The molecule has 0 saturated carbocycles. The average Bonchev–Trinajstić information content (AvgIpc) is 2.27. The summed E-state index contributed by atoms with van der Waals surface area (Å²) in [5.41, 5.74) is 4.27. The first-order valence-electron chi connectivity index (χ1n) is 6.70. The van der Waals surface area contributed by atoms with Gasteiger partial charge in [-0.15, -0.1) is 0 Å². The summed E-state index contributed by atoms with van der Waals surface area (Å²) in [4.78, 5) is 2.56. The first-order valence-corrected chi connectivity index (χ1v) is 6.70. The van der Waals surface area contributed by atoms with Crippen molar-refractivity contribution in [3.63, 3.8) is 0 Å². The third-order valence-corrected chi connectivity index (χ3v) is 3.72. The Morgan fingerprint density at radius 1 is 1.29 bits per heavy atom. The predicted octanol–water partition coefficient (Wildman–Crippen LogP) is 2.74. The lowest BCUT2D eigenvalue weighted by Gasteiger charge is -2.32. The van der Waals surface area contributed by atoms with Crippen LogP contribution in [0.25, 0.3) is 0 Å². The van der Waals surface area contributed by atoms with E-state index in [0.29, 0.717) is 0 Å². The fourth-order valence-electron chi connectivity index (χ4n) is 2.57. The molecule has 0 aliphatic carbocycles. The molecule has 1 heterocycles. The van der Waals surface area contributed by atoms with Crippen LogP contribution >= 0.6 is 0 Å². The zero-order valence-electron chi connectivity index (χ0n) is 11.3. The topological polar surface area (TPSA) is 15.3 Å². The maximum atomic E-state index is 3.51. The maximum absolute atomic E-state index is 3.51. The molecule has 1 aromatic carbocycles. The van der Waals surface area contributed by atoms with Gasteiger partial charge in [-0.2, -0.15) is 0 Å². The first-order chi connectivity index (χ1) is 8.18. The second kappa shape index (κ2) is 5.54. The normalized spacial score (nSPS) is 22.1. The predicted molar refractivity (Wildman–Crippen MR) is 74.8 cm³/mol. The Kier molecular flexibility index (Phi) is 4.06. The van der Waals surface area contributed by atoms with Crippen molar-refractivity contribution in [2.75, 3.05) is 31.1 Å². The van der Waals surface area contributed by atoms with Crippen LogP contribution < -0.4 is 10.2 Å². The van der Waals surface area contributed by atoms with Gasteiger partial charge in [0, 0.05) is 18.8 Å². The standard InChI is InChI=1S/C15H24N2/c1-12-10-16-8-5-9-17(11-12)15-7-4-6-13(2)14(15)3/h4,6-7,12,16H,5,8-11H2,1-3H3. The molecular formula is C15H24N2. The van der Waals surface area contributed by atoms with Crippen LogP contribution in [0.2, 0.25) is 0 Å². The summed E-state index contributed by atoms with van der Waals surface area (Å²) in [6.45, 7) is 11.4. The molecule has 2 heteroatoms. The second-order valence-corrected chi connectivity index (χ2v) is 5.33. The molecule has 2 rings (SSSR count). The Hall–Kier alpha value is -1.02. The number of nitrogens with one attached hydrogen (secondary N) is 1. The van der Waals surface area contributed by atoms with Gasteiger partial charge in [0.2, 0.25) is 0 Å². The van der Waals surface area contributed by atoms with Gasteiger partial charge in [-0.3, -0.25) is 0 Å². The molecule has 0 bridgehead atoms. The smallest absolute Gasteiger partial charge is 0.0398 e. The summed E-state index contributed by atoms with van der Waals surface area (Å²) in [6, 6.07) is 6.65. The van der Waals surface area contributed by atoms with Crippen molar-refractivity contribution in [2.24, 2.45) is 5.92 Å². The van der Waals surface area contributed by atoms with Crippen molar-refractivity contribution in [1.82, 2.24) is 5.32 Å². The lowest BCUT2D eigenvalue weighted by atomic mass is 10.0. The van der Waals surface area contributed by atoms with Gasteiger partial charge in [-0.1, -0.05) is 19.1 Å². The first kappa shape index (κ1) is 12.4. The summed E-state index contributed by atoms with van der Waals surface area (Å²) in [5.74, 6) is 0.718. The van der Waals surface area contributed by atoms with Crippen LogP contribution in [0.1, 0.15) is 24.5 Å². The second-order valence-electron chi connectivity index (χ2n) is 5.33. The molecule has 1 fully saturated rings. The van der Waals surface area contributed by atoms with Crippen LogP contribution in [0.4, 0.5) is 5.69 Å². The molecule has 1 aliphatic heterocycles. The molecule has 1 aromatic rings. The molecular weight excluding hydrogens is 208 g/mol. The Morgan fingerprint density at radius 2 is 2.12 bits per heavy atom. The van der Waals surface area contributed by atoms with Crippen LogP contribution in [-0.4, -0.2) is 26.2 Å². The lowest BCUT2D eigenvalue weighted by Crippen LogP contribution is -2.39. The Morgan fingerprint density at radius 3 is 2.94 bits per heavy atom. The molecule has 0 aromatic heterocycles. The van der Waals surface area contributed by atoms with Gasteiger partial charge in [-0.25, -0.2) is 0 Å². The van der Waals surface area contributed by atoms with Crippen molar-refractivity contribution >= 4 is 5.69 Å². The van der Waals surface area contributed by atoms with E-state index < -0.39 is 0 Å². The third-order valence-electron chi connectivity index (χ3n) is 3.72. The Bertz CT molecular complexity index is 373. The number of rotatable bonds is 1. The summed E-state index contributed by atoms with van der Waals surface area (Å²) >= 11 is 0. The number of hydrogen-bond donors (Lipinski definition) is 1.